The Bertz CT molecular complexity index is 829. The Labute approximate surface area is 161 Å². The predicted octanol–water partition coefficient (Wildman–Crippen LogP) is 4.19. The lowest BCUT2D eigenvalue weighted by Crippen LogP contribution is -2.17. The molecule has 2 aromatic rings. The van der Waals surface area contributed by atoms with E-state index in [1.54, 1.807) is 13.0 Å². The van der Waals surface area contributed by atoms with Gasteiger partial charge in [-0.1, -0.05) is 25.5 Å². The number of aliphatic hydroxyl groups is 1. The third-order valence-corrected chi connectivity index (χ3v) is 4.54. The highest BCUT2D eigenvalue weighted by atomic mass is 19.4. The maximum Gasteiger partial charge on any atom is 0.573 e. The van der Waals surface area contributed by atoms with Gasteiger partial charge < -0.3 is 20.1 Å². The van der Waals surface area contributed by atoms with Crippen molar-refractivity contribution >= 4 is 5.91 Å². The highest BCUT2D eigenvalue weighted by Gasteiger charge is 2.31. The summed E-state index contributed by atoms with van der Waals surface area (Å²) in [5, 5.41) is 9.20. The Morgan fingerprint density at radius 3 is 2.57 bits per heavy atom. The summed E-state index contributed by atoms with van der Waals surface area (Å²) in [7, 11) is 0. The molecule has 0 atom stereocenters. The van der Waals surface area contributed by atoms with E-state index in [-0.39, 0.29) is 17.9 Å². The van der Waals surface area contributed by atoms with E-state index >= 15 is 0 Å². The lowest BCUT2D eigenvalue weighted by Gasteiger charge is -2.14. The first-order valence-electron chi connectivity index (χ1n) is 9.18. The number of hydrogen-bond donors (Lipinski definition) is 2. The minimum atomic E-state index is -4.81. The molecule has 2 rings (SSSR count). The molecule has 1 aromatic heterocycles. The molecule has 0 saturated carbocycles. The van der Waals surface area contributed by atoms with Gasteiger partial charge in [-0.3, -0.25) is 4.79 Å². The number of nitrogens with two attached hydrogens (primary N) is 1. The summed E-state index contributed by atoms with van der Waals surface area (Å²) in [5.74, 6) is -1.00. The SMILES string of the molecule is CCCCc1c(-c2cccc(OC(F)(F)F)c2)c(C(N)=O)c(C)n1CCCO. The first kappa shape index (κ1) is 21.8. The number of carbonyl (C=O) groups excluding carboxylic acids is 1. The molecule has 0 aliphatic carbocycles. The van der Waals surface area contributed by atoms with Gasteiger partial charge in [0.05, 0.1) is 5.56 Å². The number of ether oxygens (including phenoxy) is 1. The molecule has 0 fully saturated rings. The number of benzene rings is 1. The van der Waals surface area contributed by atoms with Crippen LogP contribution in [0.15, 0.2) is 24.3 Å². The molecule has 0 bridgehead atoms. The van der Waals surface area contributed by atoms with Crippen molar-refractivity contribution in [2.75, 3.05) is 6.61 Å². The number of carbonyl (C=O) groups is 1. The van der Waals surface area contributed by atoms with Gasteiger partial charge >= 0.3 is 6.36 Å². The van der Waals surface area contributed by atoms with Gasteiger partial charge in [-0.2, -0.15) is 0 Å². The molecule has 0 spiro atoms. The quantitative estimate of drug-likeness (QED) is 0.665. The number of hydrogen-bond acceptors (Lipinski definition) is 3. The van der Waals surface area contributed by atoms with Gasteiger partial charge in [0.1, 0.15) is 5.75 Å². The van der Waals surface area contributed by atoms with Crippen LogP contribution < -0.4 is 10.5 Å². The molecule has 0 radical (unpaired) electrons. The fraction of sp³-hybridized carbons (Fsp3) is 0.450. The number of aromatic nitrogens is 1. The Kier molecular flexibility index (Phi) is 7.12. The summed E-state index contributed by atoms with van der Waals surface area (Å²) in [4.78, 5) is 12.2. The van der Waals surface area contributed by atoms with Crippen LogP contribution in [0, 0.1) is 6.92 Å². The van der Waals surface area contributed by atoms with Gasteiger partial charge in [0.2, 0.25) is 0 Å². The van der Waals surface area contributed by atoms with Gasteiger partial charge in [-0.05, 0) is 43.9 Å². The summed E-state index contributed by atoms with van der Waals surface area (Å²) in [6.07, 6.45) is -1.93. The maximum absolute atomic E-state index is 12.6. The van der Waals surface area contributed by atoms with Crippen LogP contribution in [0.25, 0.3) is 11.1 Å². The van der Waals surface area contributed by atoms with Crippen LogP contribution in [0.4, 0.5) is 13.2 Å². The number of primary amides is 1. The van der Waals surface area contributed by atoms with Crippen molar-refractivity contribution in [3.63, 3.8) is 0 Å². The lowest BCUT2D eigenvalue weighted by molar-refractivity contribution is -0.274. The zero-order valence-electron chi connectivity index (χ0n) is 16.0. The van der Waals surface area contributed by atoms with Crippen LogP contribution in [-0.4, -0.2) is 28.6 Å². The predicted molar refractivity (Wildman–Crippen MR) is 100 cm³/mol. The molecule has 28 heavy (non-hydrogen) atoms. The second-order valence-corrected chi connectivity index (χ2v) is 6.55. The molecule has 8 heteroatoms. The first-order valence-corrected chi connectivity index (χ1v) is 9.18. The van der Waals surface area contributed by atoms with Gasteiger partial charge in [0.15, 0.2) is 0 Å². The second kappa shape index (κ2) is 9.14. The van der Waals surface area contributed by atoms with E-state index < -0.39 is 12.3 Å². The van der Waals surface area contributed by atoms with Crippen molar-refractivity contribution < 1.29 is 27.8 Å². The number of amides is 1. The number of unbranched alkanes of at least 4 members (excludes halogenated alkanes) is 1. The summed E-state index contributed by atoms with van der Waals surface area (Å²) in [6.45, 7) is 4.26. The Morgan fingerprint density at radius 2 is 2.00 bits per heavy atom. The monoisotopic (exact) mass is 398 g/mol. The molecule has 0 saturated heterocycles. The van der Waals surface area contributed by atoms with Crippen molar-refractivity contribution in [1.29, 1.82) is 0 Å². The molecule has 3 N–H and O–H groups in total. The number of halogens is 3. The summed E-state index contributed by atoms with van der Waals surface area (Å²) < 4.78 is 43.8. The highest BCUT2D eigenvalue weighted by Crippen LogP contribution is 2.36. The molecule has 1 amide bonds. The largest absolute Gasteiger partial charge is 0.573 e. The van der Waals surface area contributed by atoms with Gasteiger partial charge in [-0.25, -0.2) is 0 Å². The Hall–Kier alpha value is -2.48. The minimum absolute atomic E-state index is 0.0129. The summed E-state index contributed by atoms with van der Waals surface area (Å²) in [6, 6.07) is 5.56. The van der Waals surface area contributed by atoms with E-state index in [0.717, 1.165) is 18.5 Å². The average Bonchev–Trinajstić information content (AvgIpc) is 2.88. The maximum atomic E-state index is 12.6. The van der Waals surface area contributed by atoms with Crippen molar-refractivity contribution in [3.05, 3.63) is 41.2 Å². The van der Waals surface area contributed by atoms with E-state index in [2.05, 4.69) is 4.74 Å². The molecule has 0 aliphatic rings. The Balaban J connectivity index is 2.66. The zero-order valence-corrected chi connectivity index (χ0v) is 16.0. The molecular formula is C20H25F3N2O3. The normalized spacial score (nSPS) is 11.6. The third kappa shape index (κ3) is 5.07. The van der Waals surface area contributed by atoms with E-state index in [1.165, 1.54) is 18.2 Å². The molecule has 0 aliphatic heterocycles. The van der Waals surface area contributed by atoms with Gasteiger partial charge in [0.25, 0.3) is 5.91 Å². The van der Waals surface area contributed by atoms with Crippen LogP contribution in [0.2, 0.25) is 0 Å². The standard InChI is InChI=1S/C20H25F3N2O3/c1-3-4-9-16-18(14-7-5-8-15(12-14)28-20(21,22)23)17(19(24)27)13(2)25(16)10-6-11-26/h5,7-8,12,26H,3-4,6,9-11H2,1-2H3,(H2,24,27). The van der Waals surface area contributed by atoms with Gasteiger partial charge in [-0.15, -0.1) is 13.2 Å². The second-order valence-electron chi connectivity index (χ2n) is 6.55. The van der Waals surface area contributed by atoms with E-state index in [1.807, 2.05) is 11.5 Å². The molecule has 1 aromatic carbocycles. The lowest BCUT2D eigenvalue weighted by atomic mass is 9.97. The molecule has 154 valence electrons. The minimum Gasteiger partial charge on any atom is -0.406 e. The Morgan fingerprint density at radius 1 is 1.29 bits per heavy atom. The van der Waals surface area contributed by atoms with Crippen molar-refractivity contribution in [1.82, 2.24) is 4.57 Å². The van der Waals surface area contributed by atoms with Crippen LogP contribution in [0.5, 0.6) is 5.75 Å². The molecule has 0 unspecified atom stereocenters. The van der Waals surface area contributed by atoms with Crippen molar-refractivity contribution in [3.8, 4) is 16.9 Å². The van der Waals surface area contributed by atoms with E-state index in [4.69, 9.17) is 5.73 Å². The van der Waals surface area contributed by atoms with Crippen LogP contribution >= 0.6 is 0 Å². The molecule has 5 nitrogen and oxygen atoms in total. The number of nitrogens with zero attached hydrogens (tertiary/aromatic N) is 1. The van der Waals surface area contributed by atoms with E-state index in [9.17, 15) is 23.1 Å². The highest BCUT2D eigenvalue weighted by molar-refractivity contribution is 6.02. The van der Waals surface area contributed by atoms with Crippen molar-refractivity contribution in [2.45, 2.75) is 52.4 Å². The van der Waals surface area contributed by atoms with Crippen molar-refractivity contribution in [2.24, 2.45) is 5.73 Å². The molecule has 1 heterocycles. The zero-order chi connectivity index (χ0) is 20.9. The smallest absolute Gasteiger partial charge is 0.406 e. The third-order valence-electron chi connectivity index (χ3n) is 4.54. The number of alkyl halides is 3. The molecular weight excluding hydrogens is 373 g/mol. The van der Waals surface area contributed by atoms with E-state index in [0.29, 0.717) is 36.2 Å². The van der Waals surface area contributed by atoms with Crippen LogP contribution in [0.3, 0.4) is 0 Å². The number of aliphatic hydroxyl groups excluding tert-OH is 1. The van der Waals surface area contributed by atoms with Crippen LogP contribution in [0.1, 0.15) is 47.9 Å². The number of rotatable bonds is 9. The summed E-state index contributed by atoms with van der Waals surface area (Å²) >= 11 is 0. The summed E-state index contributed by atoms with van der Waals surface area (Å²) in [5.41, 5.74) is 8.34. The van der Waals surface area contributed by atoms with Gasteiger partial charge in [0, 0.05) is 30.1 Å². The fourth-order valence-electron chi connectivity index (χ4n) is 3.39. The fourth-order valence-corrected chi connectivity index (χ4v) is 3.39. The van der Waals surface area contributed by atoms with Crippen LogP contribution in [-0.2, 0) is 13.0 Å². The topological polar surface area (TPSA) is 77.5 Å². The first-order chi connectivity index (χ1) is 13.2. The average molecular weight is 398 g/mol.